The van der Waals surface area contributed by atoms with Crippen molar-refractivity contribution >= 4 is 33.6 Å². The number of carbonyl (C=O) groups is 2. The molecule has 1 amide bonds. The van der Waals surface area contributed by atoms with Crippen molar-refractivity contribution in [1.29, 1.82) is 0 Å². The molecule has 1 atom stereocenters. The molecule has 0 spiro atoms. The Labute approximate surface area is 203 Å². The van der Waals surface area contributed by atoms with Crippen molar-refractivity contribution in [3.8, 4) is 0 Å². The van der Waals surface area contributed by atoms with Gasteiger partial charge in [-0.25, -0.2) is 9.59 Å². The van der Waals surface area contributed by atoms with Gasteiger partial charge in [-0.15, -0.1) is 0 Å². The highest BCUT2D eigenvalue weighted by Crippen LogP contribution is 2.31. The average Bonchev–Trinajstić information content (AvgIpc) is 2.76. The molecule has 0 radical (unpaired) electrons. The molecule has 1 aromatic carbocycles. The quantitative estimate of drug-likeness (QED) is 0.479. The molecule has 176 valence electrons. The minimum Gasteiger partial charge on any atom is -0.465 e. The van der Waals surface area contributed by atoms with Gasteiger partial charge in [-0.05, 0) is 91.6 Å². The first-order valence-corrected chi connectivity index (χ1v) is 12.0. The Bertz CT molecular complexity index is 1040. The number of fused-ring (bicyclic) bond motifs is 1. The van der Waals surface area contributed by atoms with Crippen molar-refractivity contribution in [2.75, 3.05) is 7.11 Å². The van der Waals surface area contributed by atoms with E-state index in [-0.39, 0.29) is 6.04 Å². The monoisotopic (exact) mass is 514 g/mol. The topological polar surface area (TPSA) is 77.5 Å². The average molecular weight is 515 g/mol. The summed E-state index contributed by atoms with van der Waals surface area (Å²) in [6.07, 6.45) is 7.34. The number of aromatic nitrogens is 1. The number of allylic oxidation sites excluding steroid dienone is 2. The summed E-state index contributed by atoms with van der Waals surface area (Å²) in [4.78, 5) is 29.5. The van der Waals surface area contributed by atoms with E-state index in [1.54, 1.807) is 12.3 Å². The molecule has 6 nitrogen and oxygen atoms in total. The van der Waals surface area contributed by atoms with E-state index in [1.807, 2.05) is 32.9 Å². The zero-order valence-corrected chi connectivity index (χ0v) is 21.2. The SMILES string of the molecule is COC(=O)c1cc(Br)cnc1/C1=C/CCC(NC(=O)OC(C)(C)C)c2ccccc2CCC1. The first-order valence-electron chi connectivity index (χ1n) is 11.2. The molecule has 0 aliphatic heterocycles. The van der Waals surface area contributed by atoms with E-state index < -0.39 is 17.7 Å². The molecule has 33 heavy (non-hydrogen) atoms. The number of pyridine rings is 1. The second-order valence-corrected chi connectivity index (χ2v) is 10.0. The van der Waals surface area contributed by atoms with Crippen LogP contribution in [0.2, 0.25) is 0 Å². The van der Waals surface area contributed by atoms with E-state index in [4.69, 9.17) is 9.47 Å². The molecule has 1 N–H and O–H groups in total. The molecule has 1 unspecified atom stereocenters. The van der Waals surface area contributed by atoms with Gasteiger partial charge in [0.15, 0.2) is 0 Å². The molecule has 7 heteroatoms. The number of esters is 1. The van der Waals surface area contributed by atoms with Crippen LogP contribution in [-0.2, 0) is 15.9 Å². The van der Waals surface area contributed by atoms with Gasteiger partial charge in [-0.2, -0.15) is 0 Å². The van der Waals surface area contributed by atoms with E-state index >= 15 is 0 Å². The third-order valence-corrected chi connectivity index (χ3v) is 5.86. The summed E-state index contributed by atoms with van der Waals surface area (Å²) >= 11 is 3.40. The van der Waals surface area contributed by atoms with Gasteiger partial charge >= 0.3 is 12.1 Å². The van der Waals surface area contributed by atoms with E-state index in [0.717, 1.165) is 34.9 Å². The summed E-state index contributed by atoms with van der Waals surface area (Å²) in [7, 11) is 1.37. The van der Waals surface area contributed by atoms with Gasteiger partial charge in [0.2, 0.25) is 0 Å². The molecule has 1 aliphatic rings. The summed E-state index contributed by atoms with van der Waals surface area (Å²) in [6.45, 7) is 5.56. The van der Waals surface area contributed by atoms with Gasteiger partial charge < -0.3 is 14.8 Å². The molecule has 3 rings (SSSR count). The largest absolute Gasteiger partial charge is 0.465 e. The van der Waals surface area contributed by atoms with Gasteiger partial charge in [0.1, 0.15) is 5.60 Å². The highest BCUT2D eigenvalue weighted by molar-refractivity contribution is 9.10. The zero-order valence-electron chi connectivity index (χ0n) is 19.6. The highest BCUT2D eigenvalue weighted by atomic mass is 79.9. The van der Waals surface area contributed by atoms with Crippen LogP contribution in [0.15, 0.2) is 47.1 Å². The Balaban J connectivity index is 1.91. The number of hydrogen-bond donors (Lipinski definition) is 1. The van der Waals surface area contributed by atoms with Crippen LogP contribution < -0.4 is 5.32 Å². The lowest BCUT2D eigenvalue weighted by Crippen LogP contribution is -2.35. The fourth-order valence-corrected chi connectivity index (χ4v) is 4.36. The number of halogens is 1. The third-order valence-electron chi connectivity index (χ3n) is 5.42. The van der Waals surface area contributed by atoms with Gasteiger partial charge in [0, 0.05) is 10.7 Å². The molecule has 0 fully saturated rings. The van der Waals surface area contributed by atoms with Crippen LogP contribution in [0.5, 0.6) is 0 Å². The van der Waals surface area contributed by atoms with Crippen molar-refractivity contribution in [1.82, 2.24) is 10.3 Å². The van der Waals surface area contributed by atoms with E-state index in [2.05, 4.69) is 44.4 Å². The predicted octanol–water partition coefficient (Wildman–Crippen LogP) is 6.40. The maximum atomic E-state index is 12.5. The molecule has 0 bridgehead atoms. The number of amides is 1. The molecule has 1 aromatic heterocycles. The second-order valence-electron chi connectivity index (χ2n) is 9.10. The molecule has 1 heterocycles. The predicted molar refractivity (Wildman–Crippen MR) is 132 cm³/mol. The first-order chi connectivity index (χ1) is 15.7. The van der Waals surface area contributed by atoms with Crippen LogP contribution in [0.4, 0.5) is 4.79 Å². The zero-order chi connectivity index (χ0) is 24.0. The Morgan fingerprint density at radius 3 is 2.67 bits per heavy atom. The Hall–Kier alpha value is -2.67. The van der Waals surface area contributed by atoms with Gasteiger partial charge in [0.25, 0.3) is 0 Å². The molecular weight excluding hydrogens is 484 g/mol. The maximum Gasteiger partial charge on any atom is 0.408 e. The summed E-state index contributed by atoms with van der Waals surface area (Å²) in [5.41, 5.74) is 3.87. The van der Waals surface area contributed by atoms with Crippen molar-refractivity contribution < 1.29 is 19.1 Å². The Morgan fingerprint density at radius 2 is 1.94 bits per heavy atom. The van der Waals surface area contributed by atoms with Crippen LogP contribution >= 0.6 is 15.9 Å². The number of carbonyl (C=O) groups excluding carboxylic acids is 2. The minimum absolute atomic E-state index is 0.176. The molecular formula is C26H31BrN2O4. The fraction of sp³-hybridized carbons (Fsp3) is 0.423. The lowest BCUT2D eigenvalue weighted by Gasteiger charge is -2.26. The fourth-order valence-electron chi connectivity index (χ4n) is 4.03. The number of nitrogens with zero attached hydrogens (tertiary/aromatic N) is 1. The first kappa shape index (κ1) is 25.0. The maximum absolute atomic E-state index is 12.5. The van der Waals surface area contributed by atoms with Crippen molar-refractivity contribution in [3.05, 3.63) is 69.5 Å². The summed E-state index contributed by atoms with van der Waals surface area (Å²) in [5, 5.41) is 3.06. The van der Waals surface area contributed by atoms with Gasteiger partial charge in [-0.1, -0.05) is 30.3 Å². The van der Waals surface area contributed by atoms with Gasteiger partial charge in [-0.3, -0.25) is 4.98 Å². The standard InChI is InChI=1S/C26H31BrN2O4/c1-26(2,3)33-25(31)29-22-14-8-12-18(11-7-10-17-9-5-6-13-20(17)22)23-21(24(30)32-4)15-19(27)16-28-23/h5-6,9,12-13,15-16,22H,7-8,10-11,14H2,1-4H3,(H,29,31)/b18-12+. The molecule has 1 aliphatic carbocycles. The second kappa shape index (κ2) is 11.0. The Morgan fingerprint density at radius 1 is 1.18 bits per heavy atom. The number of ether oxygens (including phenoxy) is 2. The molecule has 0 saturated carbocycles. The van der Waals surface area contributed by atoms with Crippen LogP contribution in [0, 0.1) is 0 Å². The van der Waals surface area contributed by atoms with Crippen LogP contribution in [0.3, 0.4) is 0 Å². The van der Waals surface area contributed by atoms with Crippen LogP contribution in [0.25, 0.3) is 5.57 Å². The van der Waals surface area contributed by atoms with Crippen molar-refractivity contribution in [2.45, 2.75) is 64.5 Å². The number of alkyl carbamates (subject to hydrolysis) is 1. The minimum atomic E-state index is -0.565. The summed E-state index contributed by atoms with van der Waals surface area (Å²) in [5.74, 6) is -0.411. The van der Waals surface area contributed by atoms with Crippen molar-refractivity contribution in [2.24, 2.45) is 0 Å². The van der Waals surface area contributed by atoms with E-state index in [0.29, 0.717) is 24.1 Å². The number of methoxy groups -OCH3 is 1. The summed E-state index contributed by atoms with van der Waals surface area (Å²) in [6, 6.07) is 9.79. The Kier molecular flexibility index (Phi) is 8.30. The molecule has 2 aromatic rings. The number of nitrogens with one attached hydrogen (secondary N) is 1. The number of benzene rings is 1. The smallest absolute Gasteiger partial charge is 0.408 e. The normalized spacial score (nSPS) is 18.3. The van der Waals surface area contributed by atoms with Crippen LogP contribution in [-0.4, -0.2) is 29.8 Å². The van der Waals surface area contributed by atoms with Gasteiger partial charge in [0.05, 0.1) is 24.4 Å². The number of hydrogen-bond acceptors (Lipinski definition) is 5. The van der Waals surface area contributed by atoms with E-state index in [1.165, 1.54) is 12.7 Å². The summed E-state index contributed by atoms with van der Waals surface area (Å²) < 4.78 is 11.2. The van der Waals surface area contributed by atoms with Crippen molar-refractivity contribution in [3.63, 3.8) is 0 Å². The highest BCUT2D eigenvalue weighted by Gasteiger charge is 2.23. The van der Waals surface area contributed by atoms with E-state index in [9.17, 15) is 9.59 Å². The lowest BCUT2D eigenvalue weighted by molar-refractivity contribution is 0.0500. The van der Waals surface area contributed by atoms with Crippen LogP contribution in [0.1, 0.15) is 79.7 Å². The lowest BCUT2D eigenvalue weighted by atomic mass is 9.90. The number of aryl methyl sites for hydroxylation is 1. The third kappa shape index (κ3) is 6.90. The molecule has 0 saturated heterocycles. The number of rotatable bonds is 3.